The van der Waals surface area contributed by atoms with E-state index in [-0.39, 0.29) is 19.3 Å². The first kappa shape index (κ1) is 24.0. The number of carbonyl (C=O) groups excluding carboxylic acids is 2. The summed E-state index contributed by atoms with van der Waals surface area (Å²) in [5, 5.41) is 30.4. The standard InChI is InChI=1S/C23H30O9/c1-12(24)32-17-9-15(21(29)30)22(2)6-4-14(8-18(26)27)23(3,20(22)19(17)28)10-16(25)13-5-7-31-11-13/h5,7,11,14-17,20,25H,4,6,8-10H2,1-3H3,(H,26,27)(H,29,30)/t14?,15-,16+,17-,20-,22-,23+/m0/s1. The van der Waals surface area contributed by atoms with Crippen LogP contribution in [-0.4, -0.2) is 45.1 Å². The van der Waals surface area contributed by atoms with Gasteiger partial charge in [-0.05, 0) is 42.1 Å². The van der Waals surface area contributed by atoms with E-state index in [9.17, 15) is 34.5 Å². The molecule has 2 aliphatic carbocycles. The lowest BCUT2D eigenvalue weighted by molar-refractivity contribution is -0.192. The van der Waals surface area contributed by atoms with Gasteiger partial charge in [0.15, 0.2) is 11.9 Å². The van der Waals surface area contributed by atoms with Gasteiger partial charge in [0.25, 0.3) is 0 Å². The number of aliphatic carboxylic acids is 2. The molecule has 0 saturated heterocycles. The molecular formula is C23H30O9. The van der Waals surface area contributed by atoms with E-state index in [4.69, 9.17) is 9.15 Å². The fraction of sp³-hybridized carbons (Fsp3) is 0.652. The molecule has 1 aromatic heterocycles. The van der Waals surface area contributed by atoms with E-state index in [0.717, 1.165) is 6.92 Å². The fourth-order valence-electron chi connectivity index (χ4n) is 6.28. The number of ether oxygens (including phenoxy) is 1. The predicted octanol–water partition coefficient (Wildman–Crippen LogP) is 2.82. The predicted molar refractivity (Wildman–Crippen MR) is 109 cm³/mol. The largest absolute Gasteiger partial charge is 0.481 e. The Morgan fingerprint density at radius 2 is 1.97 bits per heavy atom. The van der Waals surface area contributed by atoms with E-state index < -0.39 is 64.5 Å². The van der Waals surface area contributed by atoms with Crippen LogP contribution in [0.3, 0.4) is 0 Å². The molecule has 7 atom stereocenters. The second-order valence-electron chi connectivity index (χ2n) is 9.68. The summed E-state index contributed by atoms with van der Waals surface area (Å²) in [5.41, 5.74) is -1.53. The van der Waals surface area contributed by atoms with Crippen molar-refractivity contribution in [2.24, 2.45) is 28.6 Å². The normalized spacial score (nSPS) is 35.6. The Kier molecular flexibility index (Phi) is 6.51. The van der Waals surface area contributed by atoms with Crippen LogP contribution in [0, 0.1) is 28.6 Å². The van der Waals surface area contributed by atoms with Crippen LogP contribution in [0.5, 0.6) is 0 Å². The Balaban J connectivity index is 2.10. The second-order valence-corrected chi connectivity index (χ2v) is 9.68. The number of carboxylic acids is 2. The lowest BCUT2D eigenvalue weighted by atomic mass is 9.43. The number of aliphatic hydroxyl groups is 1. The lowest BCUT2D eigenvalue weighted by Crippen LogP contribution is -2.62. The third kappa shape index (κ3) is 4.18. The molecule has 0 aromatic carbocycles. The van der Waals surface area contributed by atoms with Crippen molar-refractivity contribution in [2.75, 3.05) is 0 Å². The monoisotopic (exact) mass is 450 g/mol. The molecule has 1 aromatic rings. The molecule has 0 radical (unpaired) electrons. The molecule has 1 unspecified atom stereocenters. The average molecular weight is 450 g/mol. The van der Waals surface area contributed by atoms with Gasteiger partial charge in [0, 0.05) is 31.2 Å². The Hall–Kier alpha value is -2.68. The van der Waals surface area contributed by atoms with Crippen LogP contribution >= 0.6 is 0 Å². The molecule has 9 heteroatoms. The Morgan fingerprint density at radius 1 is 1.28 bits per heavy atom. The van der Waals surface area contributed by atoms with Gasteiger partial charge in [-0.15, -0.1) is 0 Å². The van der Waals surface area contributed by atoms with Crippen LogP contribution < -0.4 is 0 Å². The number of furan rings is 1. The molecule has 32 heavy (non-hydrogen) atoms. The van der Waals surface area contributed by atoms with E-state index in [0.29, 0.717) is 18.4 Å². The van der Waals surface area contributed by atoms with E-state index >= 15 is 0 Å². The Morgan fingerprint density at radius 3 is 2.50 bits per heavy atom. The van der Waals surface area contributed by atoms with E-state index in [2.05, 4.69) is 0 Å². The van der Waals surface area contributed by atoms with Crippen LogP contribution in [0.1, 0.15) is 64.5 Å². The van der Waals surface area contributed by atoms with Gasteiger partial charge < -0.3 is 24.5 Å². The molecule has 2 saturated carbocycles. The van der Waals surface area contributed by atoms with Gasteiger partial charge >= 0.3 is 17.9 Å². The van der Waals surface area contributed by atoms with E-state index in [1.807, 2.05) is 0 Å². The van der Waals surface area contributed by atoms with Crippen molar-refractivity contribution in [3.8, 4) is 0 Å². The van der Waals surface area contributed by atoms with Gasteiger partial charge in [-0.25, -0.2) is 0 Å². The molecule has 176 valence electrons. The first-order chi connectivity index (χ1) is 14.9. The highest BCUT2D eigenvalue weighted by Gasteiger charge is 2.65. The van der Waals surface area contributed by atoms with E-state index in [1.54, 1.807) is 19.9 Å². The Labute approximate surface area is 185 Å². The summed E-state index contributed by atoms with van der Waals surface area (Å²) >= 11 is 0. The van der Waals surface area contributed by atoms with Crippen molar-refractivity contribution in [1.29, 1.82) is 0 Å². The molecule has 0 aliphatic heterocycles. The second kappa shape index (κ2) is 8.69. The summed E-state index contributed by atoms with van der Waals surface area (Å²) in [5.74, 6) is -5.55. The minimum atomic E-state index is -1.22. The molecule has 0 bridgehead atoms. The molecule has 9 nitrogen and oxygen atoms in total. The van der Waals surface area contributed by atoms with Crippen molar-refractivity contribution in [1.82, 2.24) is 0 Å². The summed E-state index contributed by atoms with van der Waals surface area (Å²) in [6, 6.07) is 1.59. The van der Waals surface area contributed by atoms with Gasteiger partial charge in [0.2, 0.25) is 0 Å². The summed E-state index contributed by atoms with van der Waals surface area (Å²) < 4.78 is 10.3. The molecule has 3 N–H and O–H groups in total. The number of hydrogen-bond donors (Lipinski definition) is 3. The minimum absolute atomic E-state index is 0.0373. The molecule has 2 aliphatic rings. The van der Waals surface area contributed by atoms with Gasteiger partial charge in [-0.3, -0.25) is 19.2 Å². The van der Waals surface area contributed by atoms with Crippen LogP contribution in [0.2, 0.25) is 0 Å². The highest BCUT2D eigenvalue weighted by molar-refractivity contribution is 5.92. The van der Waals surface area contributed by atoms with Gasteiger partial charge in [0.1, 0.15) is 0 Å². The smallest absolute Gasteiger partial charge is 0.307 e. The number of rotatable bonds is 7. The zero-order valence-corrected chi connectivity index (χ0v) is 18.4. The first-order valence-corrected chi connectivity index (χ1v) is 10.8. The number of hydrogen-bond acceptors (Lipinski definition) is 7. The average Bonchev–Trinajstić information content (AvgIpc) is 3.20. The fourth-order valence-corrected chi connectivity index (χ4v) is 6.28. The van der Waals surface area contributed by atoms with Gasteiger partial charge in [0.05, 0.1) is 24.5 Å². The molecule has 3 rings (SSSR count). The summed E-state index contributed by atoms with van der Waals surface area (Å²) in [7, 11) is 0. The molecule has 2 fully saturated rings. The zero-order chi connectivity index (χ0) is 23.8. The minimum Gasteiger partial charge on any atom is -0.481 e. The number of esters is 1. The highest BCUT2D eigenvalue weighted by atomic mass is 16.5. The Bertz CT molecular complexity index is 891. The molecular weight excluding hydrogens is 420 g/mol. The van der Waals surface area contributed by atoms with Gasteiger partial charge in [-0.1, -0.05) is 13.8 Å². The number of carbonyl (C=O) groups is 4. The van der Waals surface area contributed by atoms with Crippen molar-refractivity contribution in [2.45, 2.75) is 65.1 Å². The number of aliphatic hydroxyl groups excluding tert-OH is 1. The number of ketones is 1. The van der Waals surface area contributed by atoms with Crippen LogP contribution in [0.4, 0.5) is 0 Å². The summed E-state index contributed by atoms with van der Waals surface area (Å²) in [4.78, 5) is 49.2. The SMILES string of the molecule is CC(=O)O[C@H]1C[C@@H](C(=O)O)[C@]2(C)CCC(CC(=O)O)[C@@](C)(C[C@@H](O)c3ccoc3)[C@H]2C1=O. The van der Waals surface area contributed by atoms with Crippen LogP contribution in [0.25, 0.3) is 0 Å². The third-order valence-electron chi connectivity index (χ3n) is 7.72. The van der Waals surface area contributed by atoms with Crippen molar-refractivity contribution in [3.63, 3.8) is 0 Å². The molecule has 1 heterocycles. The topological polar surface area (TPSA) is 151 Å². The lowest BCUT2D eigenvalue weighted by Gasteiger charge is -2.60. The quantitative estimate of drug-likeness (QED) is 0.532. The number of carboxylic acid groups (broad SMARTS) is 2. The van der Waals surface area contributed by atoms with Gasteiger partial charge in [-0.2, -0.15) is 0 Å². The third-order valence-corrected chi connectivity index (χ3v) is 7.72. The number of fused-ring (bicyclic) bond motifs is 1. The van der Waals surface area contributed by atoms with Crippen LogP contribution in [0.15, 0.2) is 23.0 Å². The maximum absolute atomic E-state index is 13.7. The van der Waals surface area contributed by atoms with Crippen molar-refractivity contribution in [3.05, 3.63) is 24.2 Å². The first-order valence-electron chi connectivity index (χ1n) is 10.8. The number of Topliss-reactive ketones (excluding diaryl/α,β-unsaturated/α-hetero) is 1. The summed E-state index contributed by atoms with van der Waals surface area (Å²) in [6.07, 6.45) is 0.982. The van der Waals surface area contributed by atoms with Crippen molar-refractivity contribution < 1.29 is 43.7 Å². The summed E-state index contributed by atoms with van der Waals surface area (Å²) in [6.45, 7) is 4.66. The van der Waals surface area contributed by atoms with Crippen molar-refractivity contribution >= 4 is 23.7 Å². The molecule has 0 amide bonds. The van der Waals surface area contributed by atoms with Crippen LogP contribution in [-0.2, 0) is 23.9 Å². The maximum Gasteiger partial charge on any atom is 0.307 e. The highest BCUT2D eigenvalue weighted by Crippen LogP contribution is 2.63. The van der Waals surface area contributed by atoms with E-state index in [1.165, 1.54) is 12.5 Å². The zero-order valence-electron chi connectivity index (χ0n) is 18.4. The molecule has 0 spiro atoms. The maximum atomic E-state index is 13.7.